The molecule has 32 heavy (non-hydrogen) atoms. The van der Waals surface area contributed by atoms with Gasteiger partial charge in [0.05, 0.1) is 5.02 Å². The lowest BCUT2D eigenvalue weighted by molar-refractivity contribution is -0.119. The lowest BCUT2D eigenvalue weighted by atomic mass is 9.99. The summed E-state index contributed by atoms with van der Waals surface area (Å²) in [5, 5.41) is 6.00. The predicted molar refractivity (Wildman–Crippen MR) is 125 cm³/mol. The quantitative estimate of drug-likeness (QED) is 0.285. The molecule has 0 aromatic heterocycles. The summed E-state index contributed by atoms with van der Waals surface area (Å²) >= 11 is 6.41. The van der Waals surface area contributed by atoms with Crippen LogP contribution in [-0.4, -0.2) is 27.6 Å². The summed E-state index contributed by atoms with van der Waals surface area (Å²) in [6.07, 6.45) is -0.866. The second-order valence-electron chi connectivity index (χ2n) is 7.22. The molecular weight excluding hydrogens is 451 g/mol. The Bertz CT molecular complexity index is 1210. The van der Waals surface area contributed by atoms with Gasteiger partial charge in [-0.05, 0) is 42.3 Å². The van der Waals surface area contributed by atoms with Crippen molar-refractivity contribution in [2.24, 2.45) is 0 Å². The number of ketones is 1. The summed E-state index contributed by atoms with van der Waals surface area (Å²) in [4.78, 5) is 42.4. The lowest BCUT2D eigenvalue weighted by Crippen LogP contribution is -2.26. The maximum absolute atomic E-state index is 12.9. The van der Waals surface area contributed by atoms with Crippen LogP contribution >= 0.6 is 19.2 Å². The fourth-order valence-corrected chi connectivity index (χ4v) is 3.89. The third kappa shape index (κ3) is 6.28. The Kier molecular flexibility index (Phi) is 7.48. The summed E-state index contributed by atoms with van der Waals surface area (Å²) in [6.45, 7) is 1.95. The van der Waals surface area contributed by atoms with Crippen LogP contribution in [0.25, 0.3) is 0 Å². The number of carbonyl (C=O) groups is 2. The van der Waals surface area contributed by atoms with Crippen LogP contribution in [-0.2, 0) is 15.9 Å². The van der Waals surface area contributed by atoms with Crippen molar-refractivity contribution in [3.8, 4) is 0 Å². The van der Waals surface area contributed by atoms with E-state index in [9.17, 15) is 14.2 Å². The first-order valence-corrected chi connectivity index (χ1v) is 11.9. The number of para-hydroxylation sites is 1. The Morgan fingerprint density at radius 3 is 2.34 bits per heavy atom. The van der Waals surface area contributed by atoms with E-state index in [-0.39, 0.29) is 12.3 Å². The monoisotopic (exact) mass is 472 g/mol. The Morgan fingerprint density at radius 1 is 0.969 bits per heavy atom. The third-order valence-electron chi connectivity index (χ3n) is 4.73. The number of benzene rings is 3. The van der Waals surface area contributed by atoms with Gasteiger partial charge in [-0.1, -0.05) is 54.1 Å². The number of halogens is 1. The smallest absolute Gasteiger partial charge is 0.334 e. The third-order valence-corrected chi connectivity index (χ3v) is 5.74. The largest absolute Gasteiger partial charge is 0.355 e. The Morgan fingerprint density at radius 2 is 1.66 bits per heavy atom. The molecule has 0 heterocycles. The molecule has 3 aromatic rings. The van der Waals surface area contributed by atoms with E-state index in [0.717, 1.165) is 5.56 Å². The molecule has 3 aromatic carbocycles. The van der Waals surface area contributed by atoms with Crippen molar-refractivity contribution in [1.82, 2.24) is 5.32 Å². The SMILES string of the molecule is Cc1ccccc1C(=O)c1ccc(Nc2ccccc2CNC(=O)CP(=O)(O)O)cc1Cl. The fourth-order valence-electron chi connectivity index (χ4n) is 3.14. The first-order chi connectivity index (χ1) is 15.1. The molecular formula is C23H22ClN2O5P. The number of hydrogen-bond acceptors (Lipinski definition) is 4. The van der Waals surface area contributed by atoms with Crippen molar-refractivity contribution in [3.05, 3.63) is 94.0 Å². The minimum Gasteiger partial charge on any atom is -0.355 e. The molecule has 0 spiro atoms. The van der Waals surface area contributed by atoms with Gasteiger partial charge >= 0.3 is 7.60 Å². The average molecular weight is 473 g/mol. The molecule has 9 heteroatoms. The molecule has 0 bridgehead atoms. The van der Waals surface area contributed by atoms with Gasteiger partial charge in [0.15, 0.2) is 5.78 Å². The van der Waals surface area contributed by atoms with Crippen LogP contribution in [0.2, 0.25) is 5.02 Å². The Balaban J connectivity index is 1.75. The van der Waals surface area contributed by atoms with E-state index in [1.165, 1.54) is 0 Å². The van der Waals surface area contributed by atoms with Crippen LogP contribution < -0.4 is 10.6 Å². The summed E-state index contributed by atoms with van der Waals surface area (Å²) in [7, 11) is -4.42. The van der Waals surface area contributed by atoms with Crippen molar-refractivity contribution in [2.45, 2.75) is 13.5 Å². The molecule has 1 amide bonds. The van der Waals surface area contributed by atoms with Crippen LogP contribution in [0.15, 0.2) is 66.7 Å². The second kappa shape index (κ2) is 10.1. The number of amides is 1. The molecule has 0 saturated heterocycles. The zero-order valence-electron chi connectivity index (χ0n) is 17.2. The molecule has 0 fully saturated rings. The highest BCUT2D eigenvalue weighted by Crippen LogP contribution is 2.33. The molecule has 3 rings (SSSR count). The molecule has 166 valence electrons. The van der Waals surface area contributed by atoms with E-state index in [4.69, 9.17) is 21.4 Å². The van der Waals surface area contributed by atoms with E-state index in [2.05, 4.69) is 10.6 Å². The van der Waals surface area contributed by atoms with Gasteiger partial charge in [0.1, 0.15) is 6.16 Å². The maximum Gasteiger partial charge on any atom is 0.334 e. The maximum atomic E-state index is 12.9. The molecule has 0 aliphatic carbocycles. The zero-order chi connectivity index (χ0) is 23.3. The van der Waals surface area contributed by atoms with Gasteiger partial charge in [-0.2, -0.15) is 0 Å². The minimum absolute atomic E-state index is 0.0829. The van der Waals surface area contributed by atoms with Crippen LogP contribution in [0, 0.1) is 6.92 Å². The summed E-state index contributed by atoms with van der Waals surface area (Å²) < 4.78 is 11.0. The van der Waals surface area contributed by atoms with E-state index < -0.39 is 19.7 Å². The number of rotatable bonds is 8. The summed E-state index contributed by atoms with van der Waals surface area (Å²) in [5.74, 6) is -0.900. The Hall–Kier alpha value is -2.96. The second-order valence-corrected chi connectivity index (χ2v) is 9.27. The molecule has 0 atom stereocenters. The van der Waals surface area contributed by atoms with E-state index in [1.807, 2.05) is 19.1 Å². The van der Waals surface area contributed by atoms with Crippen LogP contribution in [0.4, 0.5) is 11.4 Å². The highest BCUT2D eigenvalue weighted by molar-refractivity contribution is 7.52. The van der Waals surface area contributed by atoms with Gasteiger partial charge in [0.2, 0.25) is 5.91 Å². The van der Waals surface area contributed by atoms with Gasteiger partial charge in [-0.25, -0.2) is 0 Å². The highest BCUT2D eigenvalue weighted by atomic mass is 35.5. The van der Waals surface area contributed by atoms with Crippen LogP contribution in [0.1, 0.15) is 27.0 Å². The predicted octanol–water partition coefficient (Wildman–Crippen LogP) is 4.42. The average Bonchev–Trinajstić information content (AvgIpc) is 2.72. The van der Waals surface area contributed by atoms with Crippen LogP contribution in [0.3, 0.4) is 0 Å². The van der Waals surface area contributed by atoms with Gasteiger partial charge in [-0.3, -0.25) is 14.2 Å². The highest BCUT2D eigenvalue weighted by Gasteiger charge is 2.19. The first-order valence-electron chi connectivity index (χ1n) is 9.70. The van der Waals surface area contributed by atoms with Crippen LogP contribution in [0.5, 0.6) is 0 Å². The van der Waals surface area contributed by atoms with Gasteiger partial charge in [0.25, 0.3) is 0 Å². The lowest BCUT2D eigenvalue weighted by Gasteiger charge is -2.14. The number of carbonyl (C=O) groups excluding carboxylic acids is 2. The normalized spacial score (nSPS) is 11.1. The standard InChI is InChI=1S/C23H22ClN2O5P/c1-15-6-2-4-8-18(15)23(28)19-11-10-17(12-20(19)24)26-21-9-5-3-7-16(21)13-25-22(27)14-32(29,30)31/h2-12,26H,13-14H2,1H3,(H,25,27)(H2,29,30,31). The Labute approximate surface area is 190 Å². The molecule has 0 saturated carbocycles. The van der Waals surface area contributed by atoms with Crippen molar-refractivity contribution in [2.75, 3.05) is 11.5 Å². The molecule has 0 radical (unpaired) electrons. The molecule has 0 aliphatic heterocycles. The molecule has 0 unspecified atom stereocenters. The van der Waals surface area contributed by atoms with Gasteiger partial charge in [0, 0.05) is 29.0 Å². The van der Waals surface area contributed by atoms with E-state index >= 15 is 0 Å². The summed E-state index contributed by atoms with van der Waals surface area (Å²) in [6, 6.07) is 19.5. The van der Waals surface area contributed by atoms with E-state index in [1.54, 1.807) is 54.6 Å². The number of hydrogen-bond donors (Lipinski definition) is 4. The van der Waals surface area contributed by atoms with Crippen molar-refractivity contribution in [3.63, 3.8) is 0 Å². The zero-order valence-corrected chi connectivity index (χ0v) is 18.9. The molecule has 0 aliphatic rings. The number of aryl methyl sites for hydroxylation is 1. The molecule has 4 N–H and O–H groups in total. The topological polar surface area (TPSA) is 116 Å². The number of nitrogens with one attached hydrogen (secondary N) is 2. The van der Waals surface area contributed by atoms with Gasteiger partial charge < -0.3 is 20.4 Å². The van der Waals surface area contributed by atoms with E-state index in [0.29, 0.717) is 33.1 Å². The van der Waals surface area contributed by atoms with Crippen molar-refractivity contribution in [1.29, 1.82) is 0 Å². The van der Waals surface area contributed by atoms with Crippen molar-refractivity contribution >= 4 is 42.3 Å². The van der Waals surface area contributed by atoms with Crippen molar-refractivity contribution < 1.29 is 23.9 Å². The fraction of sp³-hybridized carbons (Fsp3) is 0.130. The molecule has 7 nitrogen and oxygen atoms in total. The number of anilines is 2. The first kappa shape index (κ1) is 23.7. The minimum atomic E-state index is -4.42. The van der Waals surface area contributed by atoms with Gasteiger partial charge in [-0.15, -0.1) is 0 Å². The summed E-state index contributed by atoms with van der Waals surface area (Å²) in [5.41, 5.74) is 3.88.